The molecular weight excluding hydrogens is 242 g/mol. The Labute approximate surface area is 102 Å². The van der Waals surface area contributed by atoms with Gasteiger partial charge in [-0.1, -0.05) is 5.16 Å². The van der Waals surface area contributed by atoms with Crippen molar-refractivity contribution < 1.29 is 13.7 Å². The Morgan fingerprint density at radius 2 is 2.47 bits per heavy atom. The number of furan rings is 1. The Balaban J connectivity index is 1.87. The van der Waals surface area contributed by atoms with E-state index in [1.165, 1.54) is 12.5 Å². The molecule has 6 nitrogen and oxygen atoms in total. The summed E-state index contributed by atoms with van der Waals surface area (Å²) in [6.45, 7) is 0.214. The van der Waals surface area contributed by atoms with Crippen LogP contribution in [0.1, 0.15) is 22.1 Å². The van der Waals surface area contributed by atoms with E-state index in [0.29, 0.717) is 23.0 Å². The molecule has 17 heavy (non-hydrogen) atoms. The van der Waals surface area contributed by atoms with Crippen molar-refractivity contribution in [2.75, 3.05) is 6.26 Å². The van der Waals surface area contributed by atoms with Gasteiger partial charge < -0.3 is 14.3 Å². The van der Waals surface area contributed by atoms with Crippen LogP contribution in [0.5, 0.6) is 0 Å². The molecule has 0 bridgehead atoms. The van der Waals surface area contributed by atoms with Gasteiger partial charge >= 0.3 is 0 Å². The highest BCUT2D eigenvalue weighted by Crippen LogP contribution is 2.05. The van der Waals surface area contributed by atoms with Crippen LogP contribution in [0.25, 0.3) is 0 Å². The van der Waals surface area contributed by atoms with E-state index in [-0.39, 0.29) is 12.5 Å². The van der Waals surface area contributed by atoms with Gasteiger partial charge in [0.15, 0.2) is 5.82 Å². The van der Waals surface area contributed by atoms with Crippen molar-refractivity contribution in [1.82, 2.24) is 15.5 Å². The van der Waals surface area contributed by atoms with E-state index >= 15 is 0 Å². The van der Waals surface area contributed by atoms with Crippen molar-refractivity contribution in [2.45, 2.75) is 12.3 Å². The lowest BCUT2D eigenvalue weighted by Gasteiger charge is -1.97. The second-order valence-corrected chi connectivity index (χ2v) is 4.10. The van der Waals surface area contributed by atoms with Gasteiger partial charge in [0.1, 0.15) is 6.26 Å². The van der Waals surface area contributed by atoms with Gasteiger partial charge in [0, 0.05) is 0 Å². The first-order chi connectivity index (χ1) is 8.29. The van der Waals surface area contributed by atoms with Crippen LogP contribution in [-0.2, 0) is 12.3 Å². The number of hydrogen-bond acceptors (Lipinski definition) is 6. The lowest BCUT2D eigenvalue weighted by Crippen LogP contribution is -2.22. The first-order valence-electron chi connectivity index (χ1n) is 4.90. The maximum absolute atomic E-state index is 11.5. The van der Waals surface area contributed by atoms with Crippen molar-refractivity contribution in [2.24, 2.45) is 0 Å². The maximum Gasteiger partial charge on any atom is 0.254 e. The van der Waals surface area contributed by atoms with Crippen LogP contribution in [-0.4, -0.2) is 22.3 Å². The van der Waals surface area contributed by atoms with Crippen LogP contribution in [0.15, 0.2) is 27.5 Å². The Kier molecular flexibility index (Phi) is 3.81. The van der Waals surface area contributed by atoms with Crippen molar-refractivity contribution in [3.05, 3.63) is 35.9 Å². The molecule has 90 valence electrons. The van der Waals surface area contributed by atoms with E-state index in [0.717, 1.165) is 0 Å². The van der Waals surface area contributed by atoms with Crippen LogP contribution in [0, 0.1) is 0 Å². The number of rotatable bonds is 5. The lowest BCUT2D eigenvalue weighted by molar-refractivity contribution is 0.0945. The van der Waals surface area contributed by atoms with Crippen molar-refractivity contribution >= 4 is 17.7 Å². The zero-order chi connectivity index (χ0) is 12.1. The average Bonchev–Trinajstić information content (AvgIpc) is 2.97. The Morgan fingerprint density at radius 3 is 3.18 bits per heavy atom. The summed E-state index contributed by atoms with van der Waals surface area (Å²) in [4.78, 5) is 15.7. The average molecular weight is 253 g/mol. The molecule has 1 amide bonds. The van der Waals surface area contributed by atoms with E-state index in [1.54, 1.807) is 17.8 Å². The van der Waals surface area contributed by atoms with Crippen LogP contribution in [0.2, 0.25) is 0 Å². The molecule has 2 heterocycles. The van der Waals surface area contributed by atoms with Gasteiger partial charge in [-0.05, 0) is 12.3 Å². The molecule has 1 N–H and O–H groups in total. The summed E-state index contributed by atoms with van der Waals surface area (Å²) < 4.78 is 9.78. The molecule has 0 fully saturated rings. The van der Waals surface area contributed by atoms with Crippen LogP contribution >= 0.6 is 11.8 Å². The van der Waals surface area contributed by atoms with Crippen LogP contribution in [0.4, 0.5) is 0 Å². The largest absolute Gasteiger partial charge is 0.472 e. The van der Waals surface area contributed by atoms with Gasteiger partial charge in [-0.2, -0.15) is 16.7 Å². The first-order valence-corrected chi connectivity index (χ1v) is 6.30. The molecule has 2 rings (SSSR count). The predicted octanol–water partition coefficient (Wildman–Crippen LogP) is 1.46. The van der Waals surface area contributed by atoms with E-state index in [4.69, 9.17) is 8.94 Å². The number of nitrogens with zero attached hydrogens (tertiary/aromatic N) is 2. The molecular formula is C10H11N3O3S. The third-order valence-corrected chi connectivity index (χ3v) is 2.51. The topological polar surface area (TPSA) is 81.2 Å². The summed E-state index contributed by atoms with van der Waals surface area (Å²) in [6.07, 6.45) is 4.78. The SMILES string of the molecule is CSCc1noc(CNC(=O)c2ccoc2)n1. The molecule has 0 spiro atoms. The van der Waals surface area contributed by atoms with Crippen LogP contribution in [0.3, 0.4) is 0 Å². The fourth-order valence-electron chi connectivity index (χ4n) is 1.20. The summed E-state index contributed by atoms with van der Waals surface area (Å²) in [5.41, 5.74) is 0.467. The number of carbonyl (C=O) groups excluding carboxylic acids is 1. The second-order valence-electron chi connectivity index (χ2n) is 3.23. The zero-order valence-corrected chi connectivity index (χ0v) is 9.99. The number of thioether (sulfide) groups is 1. The number of amides is 1. The molecule has 0 aromatic carbocycles. The summed E-state index contributed by atoms with van der Waals surface area (Å²) in [5.74, 6) is 1.48. The minimum Gasteiger partial charge on any atom is -0.472 e. The van der Waals surface area contributed by atoms with Gasteiger partial charge in [-0.25, -0.2) is 0 Å². The van der Waals surface area contributed by atoms with Gasteiger partial charge in [-0.3, -0.25) is 4.79 Å². The molecule has 0 saturated heterocycles. The minimum atomic E-state index is -0.233. The highest BCUT2D eigenvalue weighted by Gasteiger charge is 2.09. The molecule has 0 unspecified atom stereocenters. The molecule has 0 aliphatic carbocycles. The standard InChI is InChI=1S/C10H11N3O3S/c1-17-6-8-12-9(16-13-8)4-11-10(14)7-2-3-15-5-7/h2-3,5H,4,6H2,1H3,(H,11,14). The number of carbonyl (C=O) groups is 1. The van der Waals surface area contributed by atoms with Crippen LogP contribution < -0.4 is 5.32 Å². The van der Waals surface area contributed by atoms with Crippen molar-refractivity contribution in [3.63, 3.8) is 0 Å². The second kappa shape index (κ2) is 5.53. The molecule has 0 aliphatic rings. The molecule has 7 heteroatoms. The number of hydrogen-bond donors (Lipinski definition) is 1. The smallest absolute Gasteiger partial charge is 0.254 e. The predicted molar refractivity (Wildman–Crippen MR) is 61.4 cm³/mol. The number of nitrogens with one attached hydrogen (secondary N) is 1. The van der Waals surface area contributed by atoms with Crippen molar-refractivity contribution in [3.8, 4) is 0 Å². The molecule has 2 aromatic heterocycles. The van der Waals surface area contributed by atoms with E-state index in [2.05, 4.69) is 15.5 Å². The van der Waals surface area contributed by atoms with E-state index < -0.39 is 0 Å². The maximum atomic E-state index is 11.5. The monoisotopic (exact) mass is 253 g/mol. The summed E-state index contributed by atoms with van der Waals surface area (Å²) >= 11 is 1.61. The fourth-order valence-corrected chi connectivity index (χ4v) is 1.58. The normalized spacial score (nSPS) is 10.4. The Bertz CT molecular complexity index is 481. The Morgan fingerprint density at radius 1 is 1.59 bits per heavy atom. The van der Waals surface area contributed by atoms with Crippen molar-refractivity contribution in [1.29, 1.82) is 0 Å². The Hall–Kier alpha value is -1.76. The quantitative estimate of drug-likeness (QED) is 0.868. The zero-order valence-electron chi connectivity index (χ0n) is 9.17. The molecule has 0 aliphatic heterocycles. The third-order valence-electron chi connectivity index (χ3n) is 1.97. The molecule has 0 radical (unpaired) electrons. The summed E-state index contributed by atoms with van der Waals surface area (Å²) in [7, 11) is 0. The van der Waals surface area contributed by atoms with Gasteiger partial charge in [0.2, 0.25) is 5.89 Å². The van der Waals surface area contributed by atoms with E-state index in [1.807, 2.05) is 6.26 Å². The molecule has 0 saturated carbocycles. The third kappa shape index (κ3) is 3.10. The highest BCUT2D eigenvalue weighted by atomic mass is 32.2. The summed E-state index contributed by atoms with van der Waals surface area (Å²) in [5, 5.41) is 6.42. The van der Waals surface area contributed by atoms with Gasteiger partial charge in [0.25, 0.3) is 5.91 Å². The minimum absolute atomic E-state index is 0.214. The summed E-state index contributed by atoms with van der Waals surface area (Å²) in [6, 6.07) is 1.59. The first kappa shape index (κ1) is 11.7. The van der Waals surface area contributed by atoms with E-state index in [9.17, 15) is 4.79 Å². The van der Waals surface area contributed by atoms with Gasteiger partial charge in [0.05, 0.1) is 24.1 Å². The number of aromatic nitrogens is 2. The highest BCUT2D eigenvalue weighted by molar-refractivity contribution is 7.97. The molecule has 2 aromatic rings. The lowest BCUT2D eigenvalue weighted by atomic mass is 10.3. The van der Waals surface area contributed by atoms with Gasteiger partial charge in [-0.15, -0.1) is 0 Å². The molecule has 0 atom stereocenters. The fraction of sp³-hybridized carbons (Fsp3) is 0.300.